The highest BCUT2D eigenvalue weighted by molar-refractivity contribution is 6.23. The van der Waals surface area contributed by atoms with E-state index in [9.17, 15) is 19.2 Å². The number of nitrogens with zero attached hydrogens (tertiary/aromatic N) is 2. The maximum absolute atomic E-state index is 14.4. The van der Waals surface area contributed by atoms with Crippen molar-refractivity contribution >= 4 is 29.4 Å². The van der Waals surface area contributed by atoms with Gasteiger partial charge in [-0.2, -0.15) is 0 Å². The Labute approximate surface area is 258 Å². The zero-order chi connectivity index (χ0) is 31.2. The normalized spacial score (nSPS) is 20.8. The minimum absolute atomic E-state index is 0.168. The van der Waals surface area contributed by atoms with Gasteiger partial charge in [0.2, 0.25) is 11.8 Å². The van der Waals surface area contributed by atoms with E-state index in [1.165, 1.54) is 12.0 Å². The van der Waals surface area contributed by atoms with E-state index in [-0.39, 0.29) is 36.7 Å². The molecule has 2 amide bonds. The number of ether oxygens (including phenoxy) is 3. The van der Waals surface area contributed by atoms with Crippen LogP contribution in [-0.4, -0.2) is 55.8 Å². The summed E-state index contributed by atoms with van der Waals surface area (Å²) in [6.07, 6.45) is 4.31. The average Bonchev–Trinajstić information content (AvgIpc) is 3.53. The standard InChI is InChI=1S/C35H40N2O7/c1-4-44-35(41)32-29-26(17-11-19-28(38)43-3)31-30(33(39)37(34(31)40)24-15-9-6-10-16-24)25(18-12-20-42-2)27(29)22-36(32)21-23-13-7-5-8-14-23/h5-10,13-16,22,25-26,30-31H,4,11-12,17-21H2,1-3H3/t25-,26+,30-,31+/m1/s1. The Morgan fingerprint density at radius 3 is 2.11 bits per heavy atom. The van der Waals surface area contributed by atoms with Gasteiger partial charge in [-0.05, 0) is 73.3 Å². The third kappa shape index (κ3) is 6.06. The SMILES string of the molecule is CCOC(=O)c1c2c(cn1Cc1ccccc1)[C@@H](CCCOC)[C@H]1C(=O)N(c3ccccc3)C(=O)[C@H]1[C@H]2CCCC(=O)OC. The Bertz CT molecular complexity index is 1480. The van der Waals surface area contributed by atoms with E-state index in [0.717, 1.165) is 16.7 Å². The molecule has 2 aliphatic rings. The number of imide groups is 1. The summed E-state index contributed by atoms with van der Waals surface area (Å²) in [6, 6.07) is 18.8. The largest absolute Gasteiger partial charge is 0.469 e. The number of hydrogen-bond acceptors (Lipinski definition) is 7. The molecule has 0 bridgehead atoms. The van der Waals surface area contributed by atoms with E-state index in [1.54, 1.807) is 26.2 Å². The monoisotopic (exact) mass is 600 g/mol. The lowest BCUT2D eigenvalue weighted by Gasteiger charge is -2.37. The van der Waals surface area contributed by atoms with E-state index in [0.29, 0.717) is 50.2 Å². The van der Waals surface area contributed by atoms with Crippen LogP contribution in [0.4, 0.5) is 5.69 Å². The van der Waals surface area contributed by atoms with Crippen LogP contribution in [0.3, 0.4) is 0 Å². The zero-order valence-electron chi connectivity index (χ0n) is 25.6. The fourth-order valence-electron chi connectivity index (χ4n) is 7.05. The van der Waals surface area contributed by atoms with E-state index in [1.807, 2.05) is 59.3 Å². The van der Waals surface area contributed by atoms with Crippen molar-refractivity contribution in [2.45, 2.75) is 57.4 Å². The zero-order valence-corrected chi connectivity index (χ0v) is 25.6. The predicted octanol–water partition coefficient (Wildman–Crippen LogP) is 5.47. The summed E-state index contributed by atoms with van der Waals surface area (Å²) >= 11 is 0. The van der Waals surface area contributed by atoms with E-state index in [2.05, 4.69) is 0 Å². The van der Waals surface area contributed by atoms with E-state index < -0.39 is 23.7 Å². The van der Waals surface area contributed by atoms with Crippen LogP contribution in [0.5, 0.6) is 0 Å². The van der Waals surface area contributed by atoms with Gasteiger partial charge in [-0.15, -0.1) is 0 Å². The topological polar surface area (TPSA) is 104 Å². The van der Waals surface area contributed by atoms with Crippen LogP contribution in [0.15, 0.2) is 66.9 Å². The summed E-state index contributed by atoms with van der Waals surface area (Å²) in [5.74, 6) is -3.40. The minimum atomic E-state index is -0.693. The smallest absolute Gasteiger partial charge is 0.355 e. The first-order chi connectivity index (χ1) is 21.4. The number of carbonyl (C=O) groups excluding carboxylic acids is 4. The molecule has 3 aromatic rings. The fraction of sp³-hybridized carbons (Fsp3) is 0.429. The van der Waals surface area contributed by atoms with Gasteiger partial charge in [-0.25, -0.2) is 4.79 Å². The molecule has 44 heavy (non-hydrogen) atoms. The number of para-hydroxylation sites is 1. The summed E-state index contributed by atoms with van der Waals surface area (Å²) in [5.41, 5.74) is 3.59. The molecule has 0 saturated carbocycles. The third-order valence-corrected chi connectivity index (χ3v) is 8.85. The molecule has 1 aliphatic heterocycles. The molecule has 9 heteroatoms. The van der Waals surface area contributed by atoms with Gasteiger partial charge in [0.05, 0.1) is 31.2 Å². The van der Waals surface area contributed by atoms with Crippen molar-refractivity contribution in [2.24, 2.45) is 11.8 Å². The number of amides is 2. The molecule has 1 aromatic heterocycles. The number of methoxy groups -OCH3 is 2. The number of anilines is 1. The van der Waals surface area contributed by atoms with Gasteiger partial charge in [0.25, 0.3) is 0 Å². The van der Waals surface area contributed by atoms with Gasteiger partial charge in [-0.1, -0.05) is 48.5 Å². The molecule has 2 heterocycles. The first kappa shape index (κ1) is 31.2. The predicted molar refractivity (Wildman–Crippen MR) is 164 cm³/mol. The molecule has 5 rings (SSSR count). The molecule has 232 valence electrons. The lowest BCUT2D eigenvalue weighted by molar-refractivity contribution is -0.140. The molecule has 1 fully saturated rings. The van der Waals surface area contributed by atoms with Crippen LogP contribution in [0, 0.1) is 11.8 Å². The van der Waals surface area contributed by atoms with Gasteiger partial charge >= 0.3 is 11.9 Å². The van der Waals surface area contributed by atoms with Crippen molar-refractivity contribution in [3.05, 3.63) is 89.2 Å². The summed E-state index contributed by atoms with van der Waals surface area (Å²) < 4.78 is 17.8. The minimum Gasteiger partial charge on any atom is -0.469 e. The van der Waals surface area contributed by atoms with Crippen LogP contribution in [0.25, 0.3) is 0 Å². The molecule has 9 nitrogen and oxygen atoms in total. The number of rotatable bonds is 13. The fourth-order valence-corrected chi connectivity index (χ4v) is 7.05. The van der Waals surface area contributed by atoms with Gasteiger partial charge in [-0.3, -0.25) is 19.3 Å². The van der Waals surface area contributed by atoms with Crippen LogP contribution in [0.1, 0.15) is 78.0 Å². The lowest BCUT2D eigenvalue weighted by Crippen LogP contribution is -2.36. The number of benzene rings is 2. The van der Waals surface area contributed by atoms with Crippen molar-refractivity contribution in [3.8, 4) is 0 Å². The van der Waals surface area contributed by atoms with Gasteiger partial charge < -0.3 is 18.8 Å². The molecule has 0 unspecified atom stereocenters. The second-order valence-corrected chi connectivity index (χ2v) is 11.4. The molecule has 0 radical (unpaired) electrons. The molecule has 0 spiro atoms. The van der Waals surface area contributed by atoms with Crippen LogP contribution in [0.2, 0.25) is 0 Å². The number of hydrogen-bond donors (Lipinski definition) is 0. The quantitative estimate of drug-likeness (QED) is 0.146. The number of aromatic nitrogens is 1. The summed E-state index contributed by atoms with van der Waals surface area (Å²) in [6.45, 7) is 2.89. The Hall–Kier alpha value is -4.24. The molecule has 2 aromatic carbocycles. The molecule has 4 atom stereocenters. The van der Waals surface area contributed by atoms with Crippen molar-refractivity contribution in [2.75, 3.05) is 32.3 Å². The number of fused-ring (bicyclic) bond motifs is 2. The van der Waals surface area contributed by atoms with Gasteiger partial charge in [0.1, 0.15) is 5.69 Å². The summed E-state index contributed by atoms with van der Waals surface area (Å²) in [4.78, 5) is 55.8. The third-order valence-electron chi connectivity index (χ3n) is 8.85. The van der Waals surface area contributed by atoms with E-state index >= 15 is 0 Å². The highest BCUT2D eigenvalue weighted by Crippen LogP contribution is 2.56. The van der Waals surface area contributed by atoms with Gasteiger partial charge in [0.15, 0.2) is 0 Å². The van der Waals surface area contributed by atoms with Gasteiger partial charge in [0, 0.05) is 32.9 Å². The highest BCUT2D eigenvalue weighted by atomic mass is 16.5. The Balaban J connectivity index is 1.68. The molecule has 1 aliphatic carbocycles. The second kappa shape index (κ2) is 14.0. The average molecular weight is 601 g/mol. The highest BCUT2D eigenvalue weighted by Gasteiger charge is 2.58. The molecular weight excluding hydrogens is 560 g/mol. The van der Waals surface area contributed by atoms with E-state index in [4.69, 9.17) is 14.2 Å². The number of carbonyl (C=O) groups is 4. The van der Waals surface area contributed by atoms with Crippen molar-refractivity contribution in [3.63, 3.8) is 0 Å². The van der Waals surface area contributed by atoms with Crippen molar-refractivity contribution in [1.82, 2.24) is 4.57 Å². The van der Waals surface area contributed by atoms with Crippen LogP contribution < -0.4 is 4.90 Å². The first-order valence-corrected chi connectivity index (χ1v) is 15.3. The maximum Gasteiger partial charge on any atom is 0.355 e. The second-order valence-electron chi connectivity index (χ2n) is 11.4. The molecular formula is C35H40N2O7. The maximum atomic E-state index is 14.4. The lowest BCUT2D eigenvalue weighted by atomic mass is 9.63. The van der Waals surface area contributed by atoms with Crippen LogP contribution in [-0.2, 0) is 35.1 Å². The Kier molecular flexibility index (Phi) is 9.95. The van der Waals surface area contributed by atoms with Crippen LogP contribution >= 0.6 is 0 Å². The van der Waals surface area contributed by atoms with Crippen molar-refractivity contribution < 1.29 is 33.4 Å². The Morgan fingerprint density at radius 1 is 0.841 bits per heavy atom. The Morgan fingerprint density at radius 2 is 1.48 bits per heavy atom. The van der Waals surface area contributed by atoms with Crippen molar-refractivity contribution in [1.29, 1.82) is 0 Å². The molecule has 1 saturated heterocycles. The summed E-state index contributed by atoms with van der Waals surface area (Å²) in [5, 5.41) is 0. The first-order valence-electron chi connectivity index (χ1n) is 15.3. The summed E-state index contributed by atoms with van der Waals surface area (Å²) in [7, 11) is 2.99. The number of esters is 2. The molecule has 0 N–H and O–H groups in total.